The second-order valence-corrected chi connectivity index (χ2v) is 8.47. The summed E-state index contributed by atoms with van der Waals surface area (Å²) in [5.74, 6) is -0.00844. The molecule has 0 aliphatic carbocycles. The summed E-state index contributed by atoms with van der Waals surface area (Å²) >= 11 is 0. The number of amides is 1. The van der Waals surface area contributed by atoms with Crippen molar-refractivity contribution < 1.29 is 23.8 Å². The van der Waals surface area contributed by atoms with Crippen LogP contribution in [0.4, 0.5) is 9.18 Å². The van der Waals surface area contributed by atoms with E-state index in [9.17, 15) is 14.3 Å². The fraction of sp³-hybridized carbons (Fsp3) is 0.571. The number of pyridine rings is 2. The first kappa shape index (κ1) is 22.2. The number of nitrogens with zero attached hydrogens (tertiary/aromatic N) is 3. The molecule has 0 unspecified atom stereocenters. The van der Waals surface area contributed by atoms with E-state index in [0.29, 0.717) is 55.0 Å². The van der Waals surface area contributed by atoms with Crippen molar-refractivity contribution >= 4 is 17.1 Å². The zero-order valence-corrected chi connectivity index (χ0v) is 17.8. The Hall–Kier alpha value is -2.52. The van der Waals surface area contributed by atoms with Gasteiger partial charge in [0.05, 0.1) is 36.5 Å². The molecule has 1 amide bonds. The van der Waals surface area contributed by atoms with Crippen molar-refractivity contribution in [3.63, 3.8) is 0 Å². The number of hydrogen-bond acceptors (Lipinski definition) is 7. The summed E-state index contributed by atoms with van der Waals surface area (Å²) in [4.78, 5) is 22.4. The lowest BCUT2D eigenvalue weighted by Crippen LogP contribution is -2.55. The molecule has 3 rings (SSSR count). The maximum atomic E-state index is 14.5. The molecule has 2 aromatic rings. The quantitative estimate of drug-likeness (QED) is 0.766. The van der Waals surface area contributed by atoms with Gasteiger partial charge in [-0.2, -0.15) is 0 Å². The Morgan fingerprint density at radius 2 is 2.17 bits per heavy atom. The Balaban J connectivity index is 1.60. The SMILES string of the molecule is COc1ccc2ncc(F)c(CCN3CC[C@H](NC(=O)OC(C)(C)C)[C@H](O)C3)c2n1. The van der Waals surface area contributed by atoms with Gasteiger partial charge in [-0.25, -0.2) is 14.2 Å². The summed E-state index contributed by atoms with van der Waals surface area (Å²) in [5, 5.41) is 13.2. The van der Waals surface area contributed by atoms with Crippen LogP contribution in [-0.4, -0.2) is 70.6 Å². The Morgan fingerprint density at radius 3 is 2.83 bits per heavy atom. The third kappa shape index (κ3) is 5.54. The predicted octanol–water partition coefficient (Wildman–Crippen LogP) is 2.28. The lowest BCUT2D eigenvalue weighted by atomic mass is 10.0. The van der Waals surface area contributed by atoms with Crippen LogP contribution in [-0.2, 0) is 11.2 Å². The second kappa shape index (κ2) is 9.09. The number of piperidine rings is 1. The zero-order chi connectivity index (χ0) is 21.9. The van der Waals surface area contributed by atoms with Crippen LogP contribution in [0.15, 0.2) is 18.3 Å². The van der Waals surface area contributed by atoms with E-state index in [1.165, 1.54) is 13.3 Å². The predicted molar refractivity (Wildman–Crippen MR) is 110 cm³/mol. The van der Waals surface area contributed by atoms with Crippen LogP contribution in [0.5, 0.6) is 5.88 Å². The third-order valence-corrected chi connectivity index (χ3v) is 4.99. The van der Waals surface area contributed by atoms with Crippen LogP contribution >= 0.6 is 0 Å². The molecule has 0 radical (unpaired) electrons. The molecule has 0 saturated carbocycles. The Morgan fingerprint density at radius 1 is 1.40 bits per heavy atom. The maximum Gasteiger partial charge on any atom is 0.407 e. The van der Waals surface area contributed by atoms with Crippen molar-refractivity contribution in [3.8, 4) is 5.88 Å². The number of halogens is 1. The van der Waals surface area contributed by atoms with E-state index in [-0.39, 0.29) is 6.04 Å². The van der Waals surface area contributed by atoms with Crippen molar-refractivity contribution in [1.82, 2.24) is 20.2 Å². The van der Waals surface area contributed by atoms with Gasteiger partial charge in [0, 0.05) is 31.3 Å². The minimum Gasteiger partial charge on any atom is -0.481 e. The third-order valence-electron chi connectivity index (χ3n) is 4.99. The summed E-state index contributed by atoms with van der Waals surface area (Å²) in [6.45, 7) is 6.96. The van der Waals surface area contributed by atoms with Gasteiger partial charge in [0.25, 0.3) is 0 Å². The number of rotatable bonds is 5. The number of aromatic nitrogens is 2. The van der Waals surface area contributed by atoms with E-state index in [4.69, 9.17) is 9.47 Å². The number of likely N-dealkylation sites (tertiary alicyclic amines) is 1. The van der Waals surface area contributed by atoms with Crippen molar-refractivity contribution in [2.75, 3.05) is 26.7 Å². The summed E-state index contributed by atoms with van der Waals surface area (Å²) in [6.07, 6.45) is 0.930. The normalized spacial score (nSPS) is 20.2. The van der Waals surface area contributed by atoms with E-state index in [1.807, 2.05) is 4.90 Å². The molecular formula is C21H29FN4O4. The molecule has 1 aliphatic heterocycles. The summed E-state index contributed by atoms with van der Waals surface area (Å²) in [7, 11) is 1.51. The number of carbonyl (C=O) groups excluding carboxylic acids is 1. The lowest BCUT2D eigenvalue weighted by Gasteiger charge is -2.36. The van der Waals surface area contributed by atoms with Crippen molar-refractivity contribution in [1.29, 1.82) is 0 Å². The largest absolute Gasteiger partial charge is 0.481 e. The molecule has 164 valence electrons. The van der Waals surface area contributed by atoms with Gasteiger partial charge in [0.1, 0.15) is 11.4 Å². The van der Waals surface area contributed by atoms with Gasteiger partial charge in [-0.3, -0.25) is 4.98 Å². The van der Waals surface area contributed by atoms with Gasteiger partial charge in [-0.05, 0) is 39.7 Å². The number of alkyl carbamates (subject to hydrolysis) is 1. The molecule has 1 aliphatic rings. The van der Waals surface area contributed by atoms with Crippen LogP contribution in [0, 0.1) is 5.82 Å². The summed E-state index contributed by atoms with van der Waals surface area (Å²) in [5.41, 5.74) is 0.968. The lowest BCUT2D eigenvalue weighted by molar-refractivity contribution is 0.0203. The monoisotopic (exact) mass is 420 g/mol. The van der Waals surface area contributed by atoms with E-state index >= 15 is 0 Å². The molecule has 0 bridgehead atoms. The number of carbonyl (C=O) groups is 1. The molecule has 8 nitrogen and oxygen atoms in total. The number of ether oxygens (including phenoxy) is 2. The molecule has 0 aromatic carbocycles. The van der Waals surface area contributed by atoms with Crippen molar-refractivity contribution in [2.24, 2.45) is 0 Å². The van der Waals surface area contributed by atoms with Gasteiger partial charge in [0.15, 0.2) is 0 Å². The van der Waals surface area contributed by atoms with E-state index in [2.05, 4.69) is 15.3 Å². The standard InChI is InChI=1S/C21H29FN4O4/c1-21(2,3)30-20(28)24-15-8-10-26(12-17(15)27)9-7-13-14(22)11-23-16-5-6-18(29-4)25-19(13)16/h5-6,11,15,17,27H,7-10,12H2,1-4H3,(H,24,28)/t15-,17+/m0/s1. The van der Waals surface area contributed by atoms with E-state index in [0.717, 1.165) is 0 Å². The van der Waals surface area contributed by atoms with Crippen molar-refractivity contribution in [3.05, 3.63) is 29.7 Å². The average molecular weight is 420 g/mol. The van der Waals surface area contributed by atoms with E-state index < -0.39 is 23.6 Å². The molecule has 2 aromatic heterocycles. The topological polar surface area (TPSA) is 96.8 Å². The highest BCUT2D eigenvalue weighted by Gasteiger charge is 2.30. The van der Waals surface area contributed by atoms with Crippen molar-refractivity contribution in [2.45, 2.75) is 51.4 Å². The molecule has 2 atom stereocenters. The smallest absolute Gasteiger partial charge is 0.407 e. The Kier molecular flexibility index (Phi) is 6.72. The van der Waals surface area contributed by atoms with Crippen LogP contribution in [0.25, 0.3) is 11.0 Å². The fourth-order valence-corrected chi connectivity index (χ4v) is 3.53. The van der Waals surface area contributed by atoms with Crippen LogP contribution in [0.3, 0.4) is 0 Å². The molecule has 1 saturated heterocycles. The molecule has 9 heteroatoms. The van der Waals surface area contributed by atoms with Gasteiger partial charge >= 0.3 is 6.09 Å². The molecule has 30 heavy (non-hydrogen) atoms. The number of β-amino-alcohol motifs (C(OH)–C–C–N with tert-alkyl or cyclic N) is 1. The first-order chi connectivity index (χ1) is 14.2. The number of fused-ring (bicyclic) bond motifs is 1. The van der Waals surface area contributed by atoms with Gasteiger partial charge in [-0.1, -0.05) is 0 Å². The number of hydrogen-bond donors (Lipinski definition) is 2. The van der Waals surface area contributed by atoms with Gasteiger partial charge in [-0.15, -0.1) is 0 Å². The fourth-order valence-electron chi connectivity index (χ4n) is 3.53. The minimum atomic E-state index is -0.733. The second-order valence-electron chi connectivity index (χ2n) is 8.47. The first-order valence-electron chi connectivity index (χ1n) is 10.0. The highest BCUT2D eigenvalue weighted by Crippen LogP contribution is 2.22. The van der Waals surface area contributed by atoms with Gasteiger partial charge < -0.3 is 24.8 Å². The van der Waals surface area contributed by atoms with Gasteiger partial charge in [0.2, 0.25) is 5.88 Å². The number of aliphatic hydroxyl groups is 1. The van der Waals surface area contributed by atoms with Crippen LogP contribution in [0.1, 0.15) is 32.8 Å². The summed E-state index contributed by atoms with van der Waals surface area (Å²) in [6, 6.07) is 3.07. The van der Waals surface area contributed by atoms with Crippen LogP contribution < -0.4 is 10.1 Å². The average Bonchev–Trinajstić information content (AvgIpc) is 2.67. The zero-order valence-electron chi connectivity index (χ0n) is 17.8. The highest BCUT2D eigenvalue weighted by molar-refractivity contribution is 5.78. The highest BCUT2D eigenvalue weighted by atomic mass is 19.1. The van der Waals surface area contributed by atoms with E-state index in [1.54, 1.807) is 32.9 Å². The molecule has 0 spiro atoms. The molecule has 2 N–H and O–H groups in total. The number of nitrogens with one attached hydrogen (secondary N) is 1. The number of aliphatic hydroxyl groups excluding tert-OH is 1. The minimum absolute atomic E-state index is 0.375. The summed E-state index contributed by atoms with van der Waals surface area (Å²) < 4.78 is 24.9. The Labute approximate surface area is 175 Å². The first-order valence-corrected chi connectivity index (χ1v) is 10.0. The molecule has 1 fully saturated rings. The molecular weight excluding hydrogens is 391 g/mol. The number of methoxy groups -OCH3 is 1. The molecule has 3 heterocycles. The van der Waals surface area contributed by atoms with Crippen LogP contribution in [0.2, 0.25) is 0 Å². The maximum absolute atomic E-state index is 14.5. The Bertz CT molecular complexity index is 902.